The van der Waals surface area contributed by atoms with Gasteiger partial charge in [0, 0.05) is 17.5 Å². The summed E-state index contributed by atoms with van der Waals surface area (Å²) in [6.07, 6.45) is 4.53. The average Bonchev–Trinajstić information content (AvgIpc) is 2.39. The summed E-state index contributed by atoms with van der Waals surface area (Å²) in [6.45, 7) is 1.69. The maximum Gasteiger partial charge on any atom is 0.290 e. The first-order valence-corrected chi connectivity index (χ1v) is 6.64. The van der Waals surface area contributed by atoms with Gasteiger partial charge < -0.3 is 11.1 Å². The van der Waals surface area contributed by atoms with E-state index < -0.39 is 4.92 Å². The monoisotopic (exact) mass is 278 g/mol. The minimum Gasteiger partial charge on any atom is -0.369 e. The summed E-state index contributed by atoms with van der Waals surface area (Å²) in [5, 5.41) is 14.0. The number of pyridine rings is 1. The van der Waals surface area contributed by atoms with Crippen molar-refractivity contribution < 1.29 is 9.72 Å². The Kier molecular flexibility index (Phi) is 4.16. The Labute approximate surface area is 116 Å². The molecule has 0 spiro atoms. The van der Waals surface area contributed by atoms with Gasteiger partial charge in [0.05, 0.1) is 4.92 Å². The highest BCUT2D eigenvalue weighted by Gasteiger charge is 2.25. The maximum atomic E-state index is 11.1. The molecule has 1 heterocycles. The van der Waals surface area contributed by atoms with Gasteiger partial charge in [-0.1, -0.05) is 0 Å². The molecule has 0 saturated heterocycles. The van der Waals surface area contributed by atoms with Gasteiger partial charge in [-0.05, 0) is 38.7 Å². The van der Waals surface area contributed by atoms with E-state index in [1.54, 1.807) is 13.0 Å². The number of nitrogens with zero attached hydrogens (tertiary/aromatic N) is 2. The van der Waals surface area contributed by atoms with Crippen LogP contribution in [-0.2, 0) is 4.79 Å². The number of hydrogen-bond acceptors (Lipinski definition) is 5. The van der Waals surface area contributed by atoms with E-state index in [1.807, 2.05) is 0 Å². The van der Waals surface area contributed by atoms with Crippen LogP contribution in [-0.4, -0.2) is 21.9 Å². The van der Waals surface area contributed by atoms with Crippen LogP contribution < -0.4 is 11.1 Å². The lowest BCUT2D eigenvalue weighted by molar-refractivity contribution is -0.385. The molecule has 0 bridgehead atoms. The molecule has 7 nitrogen and oxygen atoms in total. The van der Waals surface area contributed by atoms with Crippen molar-refractivity contribution in [3.63, 3.8) is 0 Å². The third-order valence-corrected chi connectivity index (χ3v) is 3.76. The predicted octanol–water partition coefficient (Wildman–Crippen LogP) is 1.75. The summed E-state index contributed by atoms with van der Waals surface area (Å²) in [7, 11) is 0. The van der Waals surface area contributed by atoms with Gasteiger partial charge in [0.1, 0.15) is 12.0 Å². The fraction of sp³-hybridized carbons (Fsp3) is 0.538. The molecule has 20 heavy (non-hydrogen) atoms. The molecule has 0 aromatic carbocycles. The zero-order valence-corrected chi connectivity index (χ0v) is 11.3. The second-order valence-electron chi connectivity index (χ2n) is 5.21. The number of anilines is 1. The van der Waals surface area contributed by atoms with Crippen LogP contribution in [0.15, 0.2) is 12.3 Å². The number of nitrogens with two attached hydrogens (primary N) is 1. The largest absolute Gasteiger partial charge is 0.369 e. The molecule has 0 atom stereocenters. The molecule has 0 radical (unpaired) electrons. The predicted molar refractivity (Wildman–Crippen MR) is 74.2 cm³/mol. The topological polar surface area (TPSA) is 111 Å². The highest BCUT2D eigenvalue weighted by molar-refractivity contribution is 5.76. The number of amides is 1. The van der Waals surface area contributed by atoms with E-state index in [0.717, 1.165) is 25.7 Å². The van der Waals surface area contributed by atoms with E-state index in [4.69, 9.17) is 5.73 Å². The first-order chi connectivity index (χ1) is 9.47. The van der Waals surface area contributed by atoms with Crippen LogP contribution in [0.1, 0.15) is 31.2 Å². The van der Waals surface area contributed by atoms with Crippen LogP contribution in [0.2, 0.25) is 0 Å². The maximum absolute atomic E-state index is 11.1. The minimum absolute atomic E-state index is 0.0213. The lowest BCUT2D eigenvalue weighted by atomic mass is 9.85. The van der Waals surface area contributed by atoms with Crippen molar-refractivity contribution >= 4 is 17.4 Å². The van der Waals surface area contributed by atoms with Crippen LogP contribution in [0.25, 0.3) is 0 Å². The smallest absolute Gasteiger partial charge is 0.290 e. The number of rotatable bonds is 4. The number of primary amides is 1. The van der Waals surface area contributed by atoms with E-state index in [-0.39, 0.29) is 23.6 Å². The fourth-order valence-corrected chi connectivity index (χ4v) is 2.55. The van der Waals surface area contributed by atoms with Gasteiger partial charge in [-0.15, -0.1) is 0 Å². The van der Waals surface area contributed by atoms with Gasteiger partial charge in [-0.25, -0.2) is 4.98 Å². The van der Waals surface area contributed by atoms with E-state index in [9.17, 15) is 14.9 Å². The lowest BCUT2D eigenvalue weighted by Gasteiger charge is -2.27. The minimum atomic E-state index is -0.440. The number of nitrogens with one attached hydrogen (secondary N) is 1. The van der Waals surface area contributed by atoms with Gasteiger partial charge in [-0.2, -0.15) is 0 Å². The van der Waals surface area contributed by atoms with Crippen LogP contribution in [0.3, 0.4) is 0 Å². The normalized spacial score (nSPS) is 22.2. The first kappa shape index (κ1) is 14.2. The summed E-state index contributed by atoms with van der Waals surface area (Å²) in [5.41, 5.74) is 5.90. The van der Waals surface area contributed by atoms with Crippen molar-refractivity contribution in [2.45, 2.75) is 38.6 Å². The fourth-order valence-electron chi connectivity index (χ4n) is 2.55. The standard InChI is InChI=1S/C13H18N4O3/c1-8-6-12(15-7-11(8)17(19)20)16-10-4-2-9(3-5-10)13(14)18/h6-7,9-10H,2-5H2,1H3,(H2,14,18)(H,15,16). The Morgan fingerprint density at radius 2 is 2.10 bits per heavy atom. The lowest BCUT2D eigenvalue weighted by Crippen LogP contribution is -2.32. The molecule has 1 aromatic heterocycles. The quantitative estimate of drug-likeness (QED) is 0.643. The van der Waals surface area contributed by atoms with Gasteiger partial charge in [0.2, 0.25) is 5.91 Å². The van der Waals surface area contributed by atoms with Crippen LogP contribution in [0.5, 0.6) is 0 Å². The van der Waals surface area contributed by atoms with Crippen molar-refractivity contribution in [3.05, 3.63) is 27.9 Å². The molecule has 2 rings (SSSR count). The molecule has 1 aromatic rings. The summed E-state index contributed by atoms with van der Waals surface area (Å²) < 4.78 is 0. The first-order valence-electron chi connectivity index (χ1n) is 6.64. The van der Waals surface area contributed by atoms with E-state index >= 15 is 0 Å². The van der Waals surface area contributed by atoms with Crippen molar-refractivity contribution in [1.29, 1.82) is 0 Å². The molecule has 108 valence electrons. The van der Waals surface area contributed by atoms with Gasteiger partial charge in [0.15, 0.2) is 0 Å². The van der Waals surface area contributed by atoms with E-state index in [1.165, 1.54) is 6.20 Å². The Hall–Kier alpha value is -2.18. The summed E-state index contributed by atoms with van der Waals surface area (Å²) in [4.78, 5) is 25.4. The van der Waals surface area contributed by atoms with Gasteiger partial charge in [0.25, 0.3) is 5.69 Å². The van der Waals surface area contributed by atoms with E-state index in [2.05, 4.69) is 10.3 Å². The molecular weight excluding hydrogens is 260 g/mol. The number of aryl methyl sites for hydroxylation is 1. The molecule has 0 aliphatic heterocycles. The van der Waals surface area contributed by atoms with Crippen LogP contribution >= 0.6 is 0 Å². The Morgan fingerprint density at radius 1 is 1.45 bits per heavy atom. The number of nitro groups is 1. The Morgan fingerprint density at radius 3 is 2.60 bits per heavy atom. The number of carbonyl (C=O) groups excluding carboxylic acids is 1. The van der Waals surface area contributed by atoms with Gasteiger partial charge >= 0.3 is 0 Å². The molecule has 3 N–H and O–H groups in total. The highest BCUT2D eigenvalue weighted by atomic mass is 16.6. The molecule has 1 saturated carbocycles. The van der Waals surface area contributed by atoms with Crippen LogP contribution in [0.4, 0.5) is 11.5 Å². The molecule has 1 aliphatic rings. The van der Waals surface area contributed by atoms with Crippen molar-refractivity contribution in [2.75, 3.05) is 5.32 Å². The molecule has 1 aliphatic carbocycles. The molecular formula is C13H18N4O3. The summed E-state index contributed by atoms with van der Waals surface area (Å²) in [5.74, 6) is 0.378. The third kappa shape index (κ3) is 3.23. The average molecular weight is 278 g/mol. The Balaban J connectivity index is 1.96. The third-order valence-electron chi connectivity index (χ3n) is 3.76. The molecule has 7 heteroatoms. The summed E-state index contributed by atoms with van der Waals surface area (Å²) in [6, 6.07) is 1.91. The van der Waals surface area contributed by atoms with Gasteiger partial charge in [-0.3, -0.25) is 14.9 Å². The zero-order chi connectivity index (χ0) is 14.7. The van der Waals surface area contributed by atoms with E-state index in [0.29, 0.717) is 11.4 Å². The van der Waals surface area contributed by atoms with Crippen molar-refractivity contribution in [1.82, 2.24) is 4.98 Å². The van der Waals surface area contributed by atoms with Crippen molar-refractivity contribution in [2.24, 2.45) is 11.7 Å². The highest BCUT2D eigenvalue weighted by Crippen LogP contribution is 2.27. The molecule has 1 fully saturated rings. The number of carbonyl (C=O) groups is 1. The SMILES string of the molecule is Cc1cc(NC2CCC(C(N)=O)CC2)ncc1[N+](=O)[O-]. The second kappa shape index (κ2) is 5.85. The Bertz CT molecular complexity index is 524. The number of hydrogen-bond donors (Lipinski definition) is 2. The van der Waals surface area contributed by atoms with Crippen molar-refractivity contribution in [3.8, 4) is 0 Å². The summed E-state index contributed by atoms with van der Waals surface area (Å²) >= 11 is 0. The number of aromatic nitrogens is 1. The molecule has 1 amide bonds. The van der Waals surface area contributed by atoms with Crippen LogP contribution in [0, 0.1) is 23.0 Å². The second-order valence-corrected chi connectivity index (χ2v) is 5.21. The molecule has 0 unspecified atom stereocenters. The zero-order valence-electron chi connectivity index (χ0n) is 11.3.